The van der Waals surface area contributed by atoms with Crippen molar-refractivity contribution in [2.75, 3.05) is 147 Å². The van der Waals surface area contributed by atoms with Crippen LogP contribution >= 0.6 is 31.9 Å². The van der Waals surface area contributed by atoms with Gasteiger partial charge in [0.1, 0.15) is 0 Å². The summed E-state index contributed by atoms with van der Waals surface area (Å²) in [6.07, 6.45) is 2.02. The SMILES string of the molecule is C.C.C.C.CN(C)CCCOc1ccc(-c2ccc3ncc4c(c3c2)C2(CCN(CC(F)(F)F)CC2)C(=O)N4C)cn1.CN1C(=O)C2(CCN(CC(F)(F)F)CC2)c2c1cnc1ccc(-c3ccc(F)nc3)cc21.CN1C(=O)C2(CCN(CC(F)(F)F)CC2)c2c1cnc1ccc(Br)cc21.CN1C(=O)C2(CCNCC2)c2c1cnc1ccc(Br)cc21. The first-order chi connectivity index (χ1) is 55.6. The van der Waals surface area contributed by atoms with Crippen molar-refractivity contribution in [1.82, 2.24) is 54.8 Å². The maximum atomic E-state index is 13.5. The second kappa shape index (κ2) is 35.8. The van der Waals surface area contributed by atoms with Gasteiger partial charge >= 0.3 is 18.5 Å². The molecule has 4 saturated heterocycles. The van der Waals surface area contributed by atoms with E-state index in [1.165, 1.54) is 32.5 Å². The summed E-state index contributed by atoms with van der Waals surface area (Å²) in [5.41, 5.74) is 10.5. The van der Waals surface area contributed by atoms with Crippen molar-refractivity contribution < 1.29 is 67.8 Å². The molecule has 18 rings (SSSR count). The van der Waals surface area contributed by atoms with E-state index in [0.29, 0.717) is 62.2 Å². The van der Waals surface area contributed by atoms with E-state index >= 15 is 0 Å². The fraction of sp³-hybridized carbons (Fsp3) is 0.438. The second-order valence-corrected chi connectivity index (χ2v) is 33.7. The van der Waals surface area contributed by atoms with Crippen LogP contribution in [0.2, 0.25) is 0 Å². The number of carbonyl (C=O) groups excluding carboxylic acids is 4. The Labute approximate surface area is 714 Å². The highest BCUT2D eigenvalue weighted by Gasteiger charge is 2.57. The number of likely N-dealkylation sites (N-methyl/N-ethyl adjacent to an activating group) is 4. The summed E-state index contributed by atoms with van der Waals surface area (Å²) in [5, 5.41) is 6.99. The fourth-order valence-electron chi connectivity index (χ4n) is 18.7. The molecule has 14 heterocycles. The Hall–Kier alpha value is -9.44. The molecule has 4 aromatic carbocycles. The number of amides is 4. The predicted molar refractivity (Wildman–Crippen MR) is 462 cm³/mol. The van der Waals surface area contributed by atoms with Gasteiger partial charge in [-0.3, -0.25) is 53.8 Å². The number of piperidine rings is 4. The number of anilines is 4. The third-order valence-corrected chi connectivity index (χ3v) is 25.4. The highest BCUT2D eigenvalue weighted by molar-refractivity contribution is 9.10. The van der Waals surface area contributed by atoms with Crippen LogP contribution in [-0.4, -0.2) is 219 Å². The summed E-state index contributed by atoms with van der Waals surface area (Å²) < 4.78 is 137. The number of likely N-dealkylation sites (tertiary alicyclic amines) is 3. The standard InChI is InChI=1S/C28H32F3N5O2.C23H20F4N4O.C18H17BrF3N3O.C16H16BrN3O.4CH4/c1-34(2)11-4-14-38-24-8-6-20(16-33-24)19-5-7-22-21(15-19)25-23(17-32-22)35(3)26(37)27(25)9-12-36(13-10-27)18-28(29,30)31;1-30-18-12-28-17-4-2-14(15-3-5-19(24)29-11-15)10-16(17)20(18)22(21(30)32)6-8-31(9-7-22)13-23(25,26)27;1-24-14-9-23-13-3-2-11(19)8-12(13)15(14)17(16(24)26)4-6-25(7-5-17)10-18(20,21)22;1-20-13-9-19-12-3-2-10(17)8-11(12)14(13)16(15(20)21)4-6-18-7-5-16;;;;/h5-8,15-17H,4,9-14,18H2,1-3H3;2-5,10-12H,6-9,13H2,1H3;2-3,8-9H,4-7,10H2,1H3;2-3,8-9,18H,4-7H2,1H3;4*1H4. The molecule has 646 valence electrons. The van der Waals surface area contributed by atoms with Crippen LogP contribution in [0.5, 0.6) is 5.88 Å². The van der Waals surface area contributed by atoms with Crippen LogP contribution in [0.25, 0.3) is 65.9 Å². The lowest BCUT2D eigenvalue weighted by Crippen LogP contribution is -2.50. The molecule has 4 fully saturated rings. The molecule has 0 atom stereocenters. The van der Waals surface area contributed by atoms with E-state index in [4.69, 9.17) is 4.74 Å². The molecule has 0 saturated carbocycles. The zero-order chi connectivity index (χ0) is 83.1. The summed E-state index contributed by atoms with van der Waals surface area (Å²) in [5.74, 6) is -0.0261. The van der Waals surface area contributed by atoms with E-state index in [2.05, 4.69) is 78.0 Å². The quantitative estimate of drug-likeness (QED) is 0.0771. The van der Waals surface area contributed by atoms with Gasteiger partial charge in [-0.05, 0) is 214 Å². The van der Waals surface area contributed by atoms with Crippen molar-refractivity contribution in [3.8, 4) is 28.1 Å². The van der Waals surface area contributed by atoms with Crippen molar-refractivity contribution >= 4 is 122 Å². The number of pyridine rings is 6. The van der Waals surface area contributed by atoms with Gasteiger partial charge in [-0.1, -0.05) is 73.7 Å². The molecule has 0 radical (unpaired) electrons. The minimum absolute atomic E-state index is 0. The Balaban J connectivity index is 0.000000159. The number of fused-ring (bicyclic) bond motifs is 16. The lowest BCUT2D eigenvalue weighted by molar-refractivity contribution is -0.151. The summed E-state index contributed by atoms with van der Waals surface area (Å²) >= 11 is 7.01. The molecule has 10 aromatic rings. The van der Waals surface area contributed by atoms with Crippen molar-refractivity contribution in [1.29, 1.82) is 0 Å². The highest BCUT2D eigenvalue weighted by atomic mass is 79.9. The molecule has 121 heavy (non-hydrogen) atoms. The van der Waals surface area contributed by atoms with Crippen LogP contribution in [0.1, 0.15) is 110 Å². The number of halogens is 12. The van der Waals surface area contributed by atoms with Gasteiger partial charge in [-0.15, -0.1) is 0 Å². The molecule has 6 aromatic heterocycles. The smallest absolute Gasteiger partial charge is 0.401 e. The summed E-state index contributed by atoms with van der Waals surface area (Å²) in [6.45, 7) is 1.72. The molecular formula is C89H101Br2F10N15O5. The Bertz CT molecular complexity index is 5500. The molecule has 4 spiro atoms. The maximum absolute atomic E-state index is 13.5. The van der Waals surface area contributed by atoms with Crippen molar-refractivity contribution in [3.63, 3.8) is 0 Å². The molecule has 20 nitrogen and oxygen atoms in total. The normalized spacial score (nSPS) is 18.3. The molecule has 0 unspecified atom stereocenters. The van der Waals surface area contributed by atoms with Gasteiger partial charge in [-0.25, -0.2) is 9.97 Å². The largest absolute Gasteiger partial charge is 0.478 e. The topological polar surface area (TPSA) is 193 Å². The number of ether oxygens (including phenoxy) is 1. The van der Waals surface area contributed by atoms with Gasteiger partial charge in [-0.2, -0.15) is 43.9 Å². The van der Waals surface area contributed by atoms with Crippen LogP contribution in [0, 0.1) is 5.95 Å². The minimum Gasteiger partial charge on any atom is -0.478 e. The zero-order valence-corrected chi connectivity index (χ0v) is 68.3. The van der Waals surface area contributed by atoms with Gasteiger partial charge in [0.15, 0.2) is 0 Å². The predicted octanol–water partition coefficient (Wildman–Crippen LogP) is 17.8. The van der Waals surface area contributed by atoms with Crippen molar-refractivity contribution in [2.45, 2.75) is 128 Å². The Kier molecular flexibility index (Phi) is 27.3. The lowest BCUT2D eigenvalue weighted by atomic mass is 9.72. The van der Waals surface area contributed by atoms with Crippen molar-refractivity contribution in [2.24, 2.45) is 0 Å². The molecular weight excluding hydrogens is 1710 g/mol. The van der Waals surface area contributed by atoms with E-state index in [1.807, 2.05) is 106 Å². The monoisotopic (exact) mass is 1810 g/mol. The van der Waals surface area contributed by atoms with Crippen LogP contribution in [0.4, 0.5) is 66.7 Å². The Morgan fingerprint density at radius 2 is 0.711 bits per heavy atom. The van der Waals surface area contributed by atoms with Gasteiger partial charge in [0.2, 0.25) is 35.5 Å². The Morgan fingerprint density at radius 3 is 1.02 bits per heavy atom. The molecule has 8 aliphatic heterocycles. The van der Waals surface area contributed by atoms with Crippen LogP contribution < -0.4 is 29.7 Å². The summed E-state index contributed by atoms with van der Waals surface area (Å²) in [4.78, 5) is 92.0. The van der Waals surface area contributed by atoms with E-state index in [0.717, 1.165) is 142 Å². The number of nitrogens with one attached hydrogen (secondary N) is 1. The number of hydrogen-bond acceptors (Lipinski definition) is 16. The number of benzene rings is 4. The minimum atomic E-state index is -4.27. The third kappa shape index (κ3) is 17.8. The molecule has 0 aliphatic carbocycles. The van der Waals surface area contributed by atoms with E-state index < -0.39 is 60.4 Å². The molecule has 1 N–H and O–H groups in total. The van der Waals surface area contributed by atoms with Crippen LogP contribution in [0.15, 0.2) is 143 Å². The lowest BCUT2D eigenvalue weighted by Gasteiger charge is -2.38. The van der Waals surface area contributed by atoms with Gasteiger partial charge in [0.05, 0.1) is 118 Å². The zero-order valence-electron chi connectivity index (χ0n) is 65.1. The first-order valence-electron chi connectivity index (χ1n) is 38.7. The van der Waals surface area contributed by atoms with Crippen LogP contribution in [0.3, 0.4) is 0 Å². The first kappa shape index (κ1) is 92.3. The van der Waals surface area contributed by atoms with E-state index in [9.17, 15) is 63.1 Å². The molecule has 4 amide bonds. The van der Waals surface area contributed by atoms with Gasteiger partial charge in [0, 0.05) is 117 Å². The second-order valence-electron chi connectivity index (χ2n) is 31.8. The number of carbonyl (C=O) groups is 4. The number of nitrogens with zero attached hydrogens (tertiary/aromatic N) is 14. The maximum Gasteiger partial charge on any atom is 0.401 e. The van der Waals surface area contributed by atoms with E-state index in [-0.39, 0.29) is 98.0 Å². The molecule has 32 heteroatoms. The summed E-state index contributed by atoms with van der Waals surface area (Å²) in [7, 11) is 11.0. The average molecular weight is 1810 g/mol. The van der Waals surface area contributed by atoms with Gasteiger partial charge in [0.25, 0.3) is 0 Å². The molecule has 8 aliphatic rings. The number of hydrogen-bond donors (Lipinski definition) is 1. The van der Waals surface area contributed by atoms with Crippen molar-refractivity contribution in [3.05, 3.63) is 171 Å². The molecule has 0 bridgehead atoms. The van der Waals surface area contributed by atoms with Gasteiger partial charge < -0.3 is 34.6 Å². The van der Waals surface area contributed by atoms with E-state index in [1.54, 1.807) is 71.6 Å². The van der Waals surface area contributed by atoms with Crippen LogP contribution in [-0.2, 0) is 40.8 Å². The fourth-order valence-corrected chi connectivity index (χ4v) is 19.4. The summed E-state index contributed by atoms with van der Waals surface area (Å²) in [6, 6.07) is 30.0. The average Bonchev–Trinajstić information content (AvgIpc) is 1.58. The Morgan fingerprint density at radius 1 is 0.405 bits per heavy atom. The highest BCUT2D eigenvalue weighted by Crippen LogP contribution is 2.55. The number of aromatic nitrogens is 6. The number of alkyl halides is 9. The third-order valence-electron chi connectivity index (χ3n) is 24.5. The number of rotatable bonds is 10. The first-order valence-corrected chi connectivity index (χ1v) is 40.3.